The largest absolute Gasteiger partial charge is 0.396 e. The van der Waals surface area contributed by atoms with Crippen molar-refractivity contribution < 1.29 is 5.11 Å². The van der Waals surface area contributed by atoms with Crippen LogP contribution in [0.15, 0.2) is 146 Å². The van der Waals surface area contributed by atoms with Crippen LogP contribution < -0.4 is 9.80 Å². The lowest BCUT2D eigenvalue weighted by Gasteiger charge is -2.34. The van der Waals surface area contributed by atoms with Gasteiger partial charge >= 0.3 is 0 Å². The van der Waals surface area contributed by atoms with E-state index in [9.17, 15) is 5.11 Å². The van der Waals surface area contributed by atoms with Crippen molar-refractivity contribution in [1.82, 2.24) is 0 Å². The van der Waals surface area contributed by atoms with Crippen LogP contribution in [-0.4, -0.2) is 11.7 Å². The number of aliphatic hydroxyl groups is 1. The van der Waals surface area contributed by atoms with Crippen LogP contribution in [0.25, 0.3) is 0 Å². The van der Waals surface area contributed by atoms with Crippen LogP contribution in [0, 0.1) is 27.7 Å². The lowest BCUT2D eigenvalue weighted by Crippen LogP contribution is -2.24. The minimum absolute atomic E-state index is 0.161. The Kier molecular flexibility index (Phi) is 9.80. The average Bonchev–Trinajstić information content (AvgIpc) is 3.11. The lowest BCUT2D eigenvalue weighted by molar-refractivity contribution is 0.272. The van der Waals surface area contributed by atoms with E-state index in [0.29, 0.717) is 0 Å². The van der Waals surface area contributed by atoms with E-state index < -0.39 is 0 Å². The van der Waals surface area contributed by atoms with Gasteiger partial charge in [-0.1, -0.05) is 104 Å². The molecule has 6 aromatic rings. The third kappa shape index (κ3) is 6.52. The molecule has 0 aliphatic heterocycles. The zero-order chi connectivity index (χ0) is 33.7. The highest BCUT2D eigenvalue weighted by Crippen LogP contribution is 2.43. The number of rotatable bonds is 11. The number of nitrogens with zero attached hydrogens (tertiary/aromatic N) is 2. The molecule has 0 amide bonds. The summed E-state index contributed by atoms with van der Waals surface area (Å²) in [5.41, 5.74) is 14.0. The first-order chi connectivity index (χ1) is 23.3. The molecule has 3 nitrogen and oxygen atoms in total. The summed E-state index contributed by atoms with van der Waals surface area (Å²) in [5, 5.41) is 9.95. The summed E-state index contributed by atoms with van der Waals surface area (Å²) in [6, 6.07) is 52.4. The molecule has 0 aliphatic rings. The van der Waals surface area contributed by atoms with Gasteiger partial charge in [0, 0.05) is 46.1 Å². The third-order valence-electron chi connectivity index (χ3n) is 9.79. The standard InChI is InChI=1S/C45H46N2O/c1-33-15-6-10-19-41(33)46(42-20-11-7-16-34(42)2)39-27-23-37(24-28-39)45(5,31-14-32-48)38-25-29-40(30-26-38)47(43-21-12-8-17-35(43)3)44-22-13-9-18-36(44)4/h6-13,15-30,48H,14,31-32H2,1-5H3. The molecule has 0 heterocycles. The van der Waals surface area contributed by atoms with E-state index in [2.05, 4.69) is 190 Å². The fraction of sp³-hybridized carbons (Fsp3) is 0.200. The summed E-state index contributed by atoms with van der Waals surface area (Å²) < 4.78 is 0. The van der Waals surface area contributed by atoms with Gasteiger partial charge in [-0.05, 0) is 122 Å². The van der Waals surface area contributed by atoms with E-state index in [-0.39, 0.29) is 12.0 Å². The van der Waals surface area contributed by atoms with E-state index in [4.69, 9.17) is 0 Å². The molecule has 48 heavy (non-hydrogen) atoms. The first-order valence-corrected chi connectivity index (χ1v) is 17.0. The molecule has 0 spiro atoms. The van der Waals surface area contributed by atoms with Gasteiger partial charge < -0.3 is 14.9 Å². The van der Waals surface area contributed by atoms with Gasteiger partial charge in [-0.25, -0.2) is 0 Å². The smallest absolute Gasteiger partial charge is 0.0490 e. The van der Waals surface area contributed by atoms with Gasteiger partial charge in [-0.2, -0.15) is 0 Å². The molecular formula is C45H46N2O. The minimum atomic E-state index is -0.286. The van der Waals surface area contributed by atoms with Crippen molar-refractivity contribution in [1.29, 1.82) is 0 Å². The molecular weight excluding hydrogens is 585 g/mol. The van der Waals surface area contributed by atoms with E-state index in [0.717, 1.165) is 24.2 Å². The van der Waals surface area contributed by atoms with Gasteiger partial charge in [0.2, 0.25) is 0 Å². The van der Waals surface area contributed by atoms with Crippen LogP contribution in [0.3, 0.4) is 0 Å². The number of anilines is 6. The fourth-order valence-electron chi connectivity index (χ4n) is 6.92. The van der Waals surface area contributed by atoms with Crippen molar-refractivity contribution in [3.8, 4) is 0 Å². The van der Waals surface area contributed by atoms with Gasteiger partial charge in [0.05, 0.1) is 0 Å². The summed E-state index contributed by atoms with van der Waals surface area (Å²) in [6.07, 6.45) is 1.55. The Morgan fingerprint density at radius 2 is 0.729 bits per heavy atom. The van der Waals surface area contributed by atoms with Crippen LogP contribution >= 0.6 is 0 Å². The number of aliphatic hydroxyl groups excluding tert-OH is 1. The first-order valence-electron chi connectivity index (χ1n) is 17.0. The Hall–Kier alpha value is -5.12. The summed E-state index contributed by atoms with van der Waals surface area (Å²) in [4.78, 5) is 4.72. The highest BCUT2D eigenvalue weighted by Gasteiger charge is 2.29. The Balaban J connectivity index is 1.40. The maximum atomic E-state index is 9.95. The maximum absolute atomic E-state index is 9.95. The SMILES string of the molecule is Cc1ccccc1N(c1ccc(C(C)(CCCO)c2ccc(N(c3ccccc3C)c3ccccc3C)cc2)cc1)c1ccccc1C. The monoisotopic (exact) mass is 630 g/mol. The molecule has 0 saturated carbocycles. The maximum Gasteiger partial charge on any atom is 0.0490 e. The fourth-order valence-corrected chi connectivity index (χ4v) is 6.92. The highest BCUT2D eigenvalue weighted by atomic mass is 16.2. The zero-order valence-corrected chi connectivity index (χ0v) is 28.8. The molecule has 0 saturated heterocycles. The lowest BCUT2D eigenvalue weighted by atomic mass is 9.73. The summed E-state index contributed by atoms with van der Waals surface area (Å²) >= 11 is 0. The Morgan fingerprint density at radius 1 is 0.438 bits per heavy atom. The molecule has 0 fully saturated rings. The van der Waals surface area contributed by atoms with Crippen LogP contribution in [0.2, 0.25) is 0 Å². The van der Waals surface area contributed by atoms with E-state index in [1.54, 1.807) is 0 Å². The van der Waals surface area contributed by atoms with Crippen LogP contribution in [0.5, 0.6) is 0 Å². The second-order valence-electron chi connectivity index (χ2n) is 13.1. The van der Waals surface area contributed by atoms with Crippen LogP contribution in [0.1, 0.15) is 53.1 Å². The number of hydrogen-bond acceptors (Lipinski definition) is 3. The van der Waals surface area contributed by atoms with Gasteiger partial charge in [-0.3, -0.25) is 0 Å². The highest BCUT2D eigenvalue weighted by molar-refractivity contribution is 5.81. The van der Waals surface area contributed by atoms with Gasteiger partial charge in [0.1, 0.15) is 0 Å². The molecule has 6 rings (SSSR count). The Bertz CT molecular complexity index is 1750. The minimum Gasteiger partial charge on any atom is -0.396 e. The quantitative estimate of drug-likeness (QED) is 0.154. The molecule has 6 aromatic carbocycles. The molecule has 242 valence electrons. The second-order valence-corrected chi connectivity index (χ2v) is 13.1. The van der Waals surface area contributed by atoms with Gasteiger partial charge in [0.25, 0.3) is 0 Å². The molecule has 3 heteroatoms. The predicted octanol–water partition coefficient (Wildman–Crippen LogP) is 11.9. The van der Waals surface area contributed by atoms with Crippen molar-refractivity contribution in [2.24, 2.45) is 0 Å². The number of aryl methyl sites for hydroxylation is 4. The molecule has 0 unspecified atom stereocenters. The van der Waals surface area contributed by atoms with E-state index >= 15 is 0 Å². The molecule has 0 atom stereocenters. The molecule has 0 aliphatic carbocycles. The number of para-hydroxylation sites is 4. The first kappa shape index (κ1) is 32.8. The Morgan fingerprint density at radius 3 is 1.00 bits per heavy atom. The van der Waals surface area contributed by atoms with Crippen LogP contribution in [-0.2, 0) is 5.41 Å². The van der Waals surface area contributed by atoms with Crippen molar-refractivity contribution in [2.75, 3.05) is 16.4 Å². The number of benzene rings is 6. The summed E-state index contributed by atoms with van der Waals surface area (Å²) in [7, 11) is 0. The Labute approximate surface area is 286 Å². The third-order valence-corrected chi connectivity index (χ3v) is 9.79. The van der Waals surface area contributed by atoms with Gasteiger partial charge in [0.15, 0.2) is 0 Å². The molecule has 1 N–H and O–H groups in total. The topological polar surface area (TPSA) is 26.7 Å². The van der Waals surface area contributed by atoms with Crippen molar-refractivity contribution >= 4 is 34.1 Å². The van der Waals surface area contributed by atoms with Crippen molar-refractivity contribution in [2.45, 2.75) is 52.9 Å². The average molecular weight is 631 g/mol. The zero-order valence-electron chi connectivity index (χ0n) is 28.8. The van der Waals surface area contributed by atoms with Crippen molar-refractivity contribution in [3.63, 3.8) is 0 Å². The second kappa shape index (κ2) is 14.3. The van der Waals surface area contributed by atoms with Crippen LogP contribution in [0.4, 0.5) is 34.1 Å². The summed E-state index contributed by atoms with van der Waals surface area (Å²) in [5.74, 6) is 0. The normalized spacial score (nSPS) is 11.4. The van der Waals surface area contributed by atoms with E-state index in [1.165, 1.54) is 56.1 Å². The van der Waals surface area contributed by atoms with E-state index in [1.807, 2.05) is 0 Å². The molecule has 0 radical (unpaired) electrons. The predicted molar refractivity (Wildman–Crippen MR) is 204 cm³/mol. The molecule has 0 bridgehead atoms. The molecule has 0 aromatic heterocycles. The van der Waals surface area contributed by atoms with Gasteiger partial charge in [-0.15, -0.1) is 0 Å². The number of hydrogen-bond donors (Lipinski definition) is 1. The van der Waals surface area contributed by atoms with Crippen molar-refractivity contribution in [3.05, 3.63) is 179 Å². The summed E-state index contributed by atoms with van der Waals surface area (Å²) in [6.45, 7) is 11.2.